The predicted octanol–water partition coefficient (Wildman–Crippen LogP) is 4.72. The minimum absolute atomic E-state index is 0.0393. The second-order valence-corrected chi connectivity index (χ2v) is 7.29. The number of barbiturate groups is 1. The Kier molecular flexibility index (Phi) is 6.00. The highest BCUT2D eigenvalue weighted by Crippen LogP contribution is 2.27. The summed E-state index contributed by atoms with van der Waals surface area (Å²) in [6, 6.07) is 18.1. The quantitative estimate of drug-likeness (QED) is 0.450. The molecule has 1 heterocycles. The van der Waals surface area contributed by atoms with E-state index in [0.717, 1.165) is 4.90 Å². The molecule has 0 saturated carbocycles. The highest BCUT2D eigenvalue weighted by molar-refractivity contribution is 6.39. The zero-order chi connectivity index (χ0) is 22.7. The molecule has 32 heavy (non-hydrogen) atoms. The van der Waals surface area contributed by atoms with E-state index in [2.05, 4.69) is 5.32 Å². The maximum atomic E-state index is 13.9. The van der Waals surface area contributed by atoms with Crippen LogP contribution >= 0.6 is 11.6 Å². The van der Waals surface area contributed by atoms with E-state index in [-0.39, 0.29) is 17.9 Å². The summed E-state index contributed by atoms with van der Waals surface area (Å²) < 4.78 is 19.6. The summed E-state index contributed by atoms with van der Waals surface area (Å²) in [6.45, 7) is -0.0393. The number of anilines is 1. The van der Waals surface area contributed by atoms with Crippen LogP contribution in [0.2, 0.25) is 5.02 Å². The first-order chi connectivity index (χ1) is 15.4. The number of rotatable bonds is 5. The first-order valence-corrected chi connectivity index (χ1v) is 9.94. The molecule has 0 aliphatic carbocycles. The Morgan fingerprint density at radius 1 is 0.938 bits per heavy atom. The molecular formula is C24H16ClFN2O4. The van der Waals surface area contributed by atoms with Gasteiger partial charge in [0.2, 0.25) is 0 Å². The van der Waals surface area contributed by atoms with Crippen LogP contribution in [0.5, 0.6) is 5.75 Å². The highest BCUT2D eigenvalue weighted by atomic mass is 35.5. The lowest BCUT2D eigenvalue weighted by Gasteiger charge is -2.26. The fourth-order valence-electron chi connectivity index (χ4n) is 3.14. The van der Waals surface area contributed by atoms with Crippen molar-refractivity contribution in [3.05, 3.63) is 100 Å². The molecule has 1 fully saturated rings. The maximum absolute atomic E-state index is 13.9. The minimum Gasteiger partial charge on any atom is -0.488 e. The maximum Gasteiger partial charge on any atom is 0.335 e. The summed E-state index contributed by atoms with van der Waals surface area (Å²) in [5, 5.41) is 2.60. The number of nitrogens with one attached hydrogen (secondary N) is 1. The van der Waals surface area contributed by atoms with Gasteiger partial charge < -0.3 is 4.74 Å². The van der Waals surface area contributed by atoms with Gasteiger partial charge in [-0.05, 0) is 42.5 Å². The van der Waals surface area contributed by atoms with Gasteiger partial charge in [-0.25, -0.2) is 14.1 Å². The van der Waals surface area contributed by atoms with Crippen molar-refractivity contribution in [1.29, 1.82) is 0 Å². The van der Waals surface area contributed by atoms with Crippen LogP contribution in [0.1, 0.15) is 11.1 Å². The third kappa shape index (κ3) is 4.38. The van der Waals surface area contributed by atoms with Crippen LogP contribution in [-0.2, 0) is 16.2 Å². The molecule has 4 amide bonds. The van der Waals surface area contributed by atoms with Crippen molar-refractivity contribution in [2.75, 3.05) is 4.90 Å². The molecule has 160 valence electrons. The topological polar surface area (TPSA) is 75.7 Å². The van der Waals surface area contributed by atoms with Gasteiger partial charge in [0.05, 0.1) is 5.69 Å². The van der Waals surface area contributed by atoms with Gasteiger partial charge in [0.1, 0.15) is 23.7 Å². The first kappa shape index (κ1) is 21.3. The number of nitrogens with zero attached hydrogens (tertiary/aromatic N) is 1. The number of hydrogen-bond donors (Lipinski definition) is 1. The Hall–Kier alpha value is -3.97. The fraction of sp³-hybridized carbons (Fsp3) is 0.0417. The molecule has 1 aliphatic heterocycles. The van der Waals surface area contributed by atoms with E-state index in [1.165, 1.54) is 36.4 Å². The second kappa shape index (κ2) is 9.03. The summed E-state index contributed by atoms with van der Waals surface area (Å²) in [6.07, 6.45) is 1.34. The number of ether oxygens (including phenoxy) is 1. The average molecular weight is 451 g/mol. The number of benzene rings is 3. The zero-order valence-corrected chi connectivity index (χ0v) is 17.3. The van der Waals surface area contributed by atoms with Crippen LogP contribution < -0.4 is 15.0 Å². The van der Waals surface area contributed by atoms with E-state index in [1.807, 2.05) is 0 Å². The number of para-hydroxylation sites is 1. The van der Waals surface area contributed by atoms with Gasteiger partial charge >= 0.3 is 6.03 Å². The largest absolute Gasteiger partial charge is 0.488 e. The number of urea groups is 1. The van der Waals surface area contributed by atoms with Gasteiger partial charge in [-0.3, -0.25) is 14.9 Å². The van der Waals surface area contributed by atoms with E-state index in [0.29, 0.717) is 21.9 Å². The van der Waals surface area contributed by atoms with Crippen molar-refractivity contribution in [2.24, 2.45) is 0 Å². The van der Waals surface area contributed by atoms with Crippen LogP contribution in [0.3, 0.4) is 0 Å². The molecule has 4 rings (SSSR count). The molecule has 6 nitrogen and oxygen atoms in total. The molecule has 8 heteroatoms. The average Bonchev–Trinajstić information content (AvgIpc) is 2.78. The molecule has 1 saturated heterocycles. The lowest BCUT2D eigenvalue weighted by molar-refractivity contribution is -0.122. The number of amides is 4. The molecule has 0 atom stereocenters. The van der Waals surface area contributed by atoms with Crippen molar-refractivity contribution in [3.8, 4) is 5.75 Å². The molecule has 3 aromatic carbocycles. The Labute approximate surface area is 187 Å². The Morgan fingerprint density at radius 2 is 1.62 bits per heavy atom. The lowest BCUT2D eigenvalue weighted by Crippen LogP contribution is -2.54. The number of carbonyl (C=O) groups is 3. The highest BCUT2D eigenvalue weighted by Gasteiger charge is 2.36. The van der Waals surface area contributed by atoms with Gasteiger partial charge in [-0.15, -0.1) is 0 Å². The van der Waals surface area contributed by atoms with Gasteiger partial charge in [0.15, 0.2) is 0 Å². The predicted molar refractivity (Wildman–Crippen MR) is 118 cm³/mol. The van der Waals surface area contributed by atoms with Crippen molar-refractivity contribution in [2.45, 2.75) is 6.61 Å². The van der Waals surface area contributed by atoms with Gasteiger partial charge in [-0.2, -0.15) is 0 Å². The number of halogens is 2. The fourth-order valence-corrected chi connectivity index (χ4v) is 3.27. The second-order valence-electron chi connectivity index (χ2n) is 6.85. The van der Waals surface area contributed by atoms with E-state index in [4.69, 9.17) is 16.3 Å². The van der Waals surface area contributed by atoms with E-state index in [9.17, 15) is 18.8 Å². The number of carbonyl (C=O) groups excluding carboxylic acids is 3. The summed E-state index contributed by atoms with van der Waals surface area (Å²) in [4.78, 5) is 38.6. The van der Waals surface area contributed by atoms with Crippen molar-refractivity contribution in [3.63, 3.8) is 0 Å². The third-order valence-corrected chi connectivity index (χ3v) is 5.00. The molecule has 0 aromatic heterocycles. The lowest BCUT2D eigenvalue weighted by atomic mass is 10.1. The van der Waals surface area contributed by atoms with Gasteiger partial charge in [0.25, 0.3) is 11.8 Å². The smallest absolute Gasteiger partial charge is 0.335 e. The SMILES string of the molecule is O=C1NC(=O)N(c2ccc(Cl)cc2)C(=O)/C1=C/c1ccccc1OCc1ccccc1F. The van der Waals surface area contributed by atoms with Crippen LogP contribution in [0.25, 0.3) is 6.08 Å². The van der Waals surface area contributed by atoms with Crippen molar-refractivity contribution >= 4 is 41.2 Å². The summed E-state index contributed by atoms with van der Waals surface area (Å²) in [5.74, 6) is -1.67. The monoisotopic (exact) mass is 450 g/mol. The Morgan fingerprint density at radius 3 is 2.38 bits per heavy atom. The number of imide groups is 2. The van der Waals surface area contributed by atoms with Crippen LogP contribution in [-0.4, -0.2) is 17.8 Å². The van der Waals surface area contributed by atoms with Gasteiger partial charge in [0, 0.05) is 16.1 Å². The van der Waals surface area contributed by atoms with Crippen LogP contribution in [0.15, 0.2) is 78.4 Å². The zero-order valence-electron chi connectivity index (χ0n) is 16.5. The van der Waals surface area contributed by atoms with E-state index < -0.39 is 23.7 Å². The van der Waals surface area contributed by atoms with Crippen LogP contribution in [0, 0.1) is 5.82 Å². The van der Waals surface area contributed by atoms with Crippen molar-refractivity contribution in [1.82, 2.24) is 5.32 Å². The normalized spacial score (nSPS) is 15.1. The first-order valence-electron chi connectivity index (χ1n) is 9.56. The van der Waals surface area contributed by atoms with Gasteiger partial charge in [-0.1, -0.05) is 48.0 Å². The number of hydrogen-bond acceptors (Lipinski definition) is 4. The standard InChI is InChI=1S/C24H16ClFN2O4/c25-17-9-11-18(12-10-17)28-23(30)19(22(29)27-24(28)31)13-15-5-2-4-8-21(15)32-14-16-6-1-3-7-20(16)26/h1-13H,14H2,(H,27,29,31)/b19-13+. The Balaban J connectivity index is 1.64. The van der Waals surface area contributed by atoms with Crippen LogP contribution in [0.4, 0.5) is 14.9 Å². The molecule has 0 spiro atoms. The van der Waals surface area contributed by atoms with E-state index >= 15 is 0 Å². The third-order valence-electron chi connectivity index (χ3n) is 4.75. The molecule has 3 aromatic rings. The molecular weight excluding hydrogens is 435 g/mol. The van der Waals surface area contributed by atoms with Crippen molar-refractivity contribution < 1.29 is 23.5 Å². The Bertz CT molecular complexity index is 1240. The molecule has 1 N–H and O–H groups in total. The summed E-state index contributed by atoms with van der Waals surface area (Å²) in [7, 11) is 0. The molecule has 1 aliphatic rings. The minimum atomic E-state index is -0.858. The summed E-state index contributed by atoms with van der Waals surface area (Å²) >= 11 is 5.88. The van der Waals surface area contributed by atoms with E-state index in [1.54, 1.807) is 42.5 Å². The summed E-state index contributed by atoms with van der Waals surface area (Å²) in [5.41, 5.74) is 0.801. The molecule has 0 unspecified atom stereocenters. The molecule has 0 radical (unpaired) electrons. The molecule has 0 bridgehead atoms.